The average molecular weight is 1060 g/mol. The molecule has 0 amide bonds. The van der Waals surface area contributed by atoms with Crippen molar-refractivity contribution < 1.29 is 16.4 Å². The second-order valence-corrected chi connectivity index (χ2v) is 47.1. The Balaban J connectivity index is 1.41. The number of halogens is 2. The summed E-state index contributed by atoms with van der Waals surface area (Å²) in [6.45, 7) is 37.7. The van der Waals surface area contributed by atoms with Gasteiger partial charge in [0.2, 0.25) is 0 Å². The van der Waals surface area contributed by atoms with E-state index in [-0.39, 0.29) is 18.1 Å². The van der Waals surface area contributed by atoms with Gasteiger partial charge in [0.1, 0.15) is 0 Å². The SMILES string of the molecule is CCC1=Cc2c(ccc(C(C)(C)C)c2-c2cc(C(C)C)cc(C(C)C)c2)[CH]1[Zr]([Cl])([Cl])([c]1cccc2c1[SiH2]c1ccccc1-2)[CH]1C(CC)=Cc2c1ccc(C(C)(C)C)c2-c1cc(C(C)C)cc(C(C)C)c1. The van der Waals surface area contributed by atoms with Gasteiger partial charge in [-0.2, -0.15) is 0 Å². The molecule has 1 aliphatic heterocycles. The topological polar surface area (TPSA) is 0 Å². The summed E-state index contributed by atoms with van der Waals surface area (Å²) < 4.78 is 1.04. The molecule has 6 aromatic carbocycles. The molecule has 0 saturated carbocycles. The van der Waals surface area contributed by atoms with E-state index in [1.54, 1.807) is 0 Å². The number of hydrogen-bond donors (Lipinski definition) is 0. The van der Waals surface area contributed by atoms with Crippen LogP contribution in [0.3, 0.4) is 0 Å². The summed E-state index contributed by atoms with van der Waals surface area (Å²) in [5.74, 6) is 1.62. The zero-order valence-corrected chi connectivity index (χ0v) is 50.7. The monoisotopic (exact) mass is 1060 g/mol. The van der Waals surface area contributed by atoms with Crippen molar-refractivity contribution in [3.63, 3.8) is 0 Å². The van der Waals surface area contributed by atoms with Gasteiger partial charge >= 0.3 is 437 Å². The summed E-state index contributed by atoms with van der Waals surface area (Å²) in [6.07, 6.45) is 6.92. The average Bonchev–Trinajstić information content (AvgIpc) is 4.02. The first-order chi connectivity index (χ1) is 32.9. The molecular formula is C66H79Cl2SiZr. The molecule has 0 aromatic heterocycles. The Morgan fingerprint density at radius 2 is 0.900 bits per heavy atom. The number of fused-ring (bicyclic) bond motifs is 5. The van der Waals surface area contributed by atoms with Crippen molar-refractivity contribution in [3.05, 3.63) is 170 Å². The second-order valence-electron chi connectivity index (χ2n) is 24.7. The van der Waals surface area contributed by atoms with Gasteiger partial charge in [-0.15, -0.1) is 0 Å². The van der Waals surface area contributed by atoms with Crippen molar-refractivity contribution in [3.8, 4) is 33.4 Å². The van der Waals surface area contributed by atoms with Crippen LogP contribution in [-0.4, -0.2) is 9.52 Å². The molecule has 3 aliphatic rings. The maximum absolute atomic E-state index is 9.60. The first kappa shape index (κ1) is 51.4. The van der Waals surface area contributed by atoms with Crippen LogP contribution in [0, 0.1) is 0 Å². The molecule has 0 saturated heterocycles. The van der Waals surface area contributed by atoms with E-state index in [4.69, 9.17) is 0 Å². The van der Waals surface area contributed by atoms with Crippen LogP contribution in [0.2, 0.25) is 0 Å². The molecular weight excluding hydrogens is 983 g/mol. The van der Waals surface area contributed by atoms with Crippen LogP contribution in [0.5, 0.6) is 0 Å². The molecule has 1 heterocycles. The van der Waals surface area contributed by atoms with E-state index < -0.39 is 25.9 Å². The van der Waals surface area contributed by atoms with E-state index in [1.165, 1.54) is 114 Å². The first-order valence-corrected chi connectivity index (χ1v) is 38.5. The molecule has 0 nitrogen and oxygen atoms in total. The van der Waals surface area contributed by atoms with Gasteiger partial charge in [-0.05, 0) is 0 Å². The molecule has 0 N–H and O–H groups in total. The van der Waals surface area contributed by atoms with Crippen molar-refractivity contribution >= 4 is 52.3 Å². The normalized spacial score (nSPS) is 17.5. The number of allylic oxidation sites excluding steroid dienone is 2. The molecule has 0 radical (unpaired) electrons. The van der Waals surface area contributed by atoms with E-state index >= 15 is 0 Å². The number of rotatable bonds is 11. The Morgan fingerprint density at radius 3 is 1.29 bits per heavy atom. The molecule has 6 aromatic rings. The molecule has 4 heteroatoms. The van der Waals surface area contributed by atoms with Crippen molar-refractivity contribution in [1.82, 2.24) is 0 Å². The van der Waals surface area contributed by atoms with Gasteiger partial charge in [-0.1, -0.05) is 0 Å². The van der Waals surface area contributed by atoms with Gasteiger partial charge < -0.3 is 0 Å². The van der Waals surface area contributed by atoms with Gasteiger partial charge in [0, 0.05) is 0 Å². The third-order valence-electron chi connectivity index (χ3n) is 16.6. The number of hydrogen-bond acceptors (Lipinski definition) is 0. The van der Waals surface area contributed by atoms with Gasteiger partial charge in [-0.25, -0.2) is 0 Å². The van der Waals surface area contributed by atoms with Crippen molar-refractivity contribution in [2.75, 3.05) is 0 Å². The van der Waals surface area contributed by atoms with Gasteiger partial charge in [0.15, 0.2) is 0 Å². The third-order valence-corrected chi connectivity index (χ3v) is 39.4. The molecule has 2 aliphatic carbocycles. The summed E-state index contributed by atoms with van der Waals surface area (Å²) in [5.41, 5.74) is 24.3. The summed E-state index contributed by atoms with van der Waals surface area (Å²) in [7, 11) is 18.3. The van der Waals surface area contributed by atoms with Crippen LogP contribution in [0.4, 0.5) is 0 Å². The van der Waals surface area contributed by atoms with Gasteiger partial charge in [0.25, 0.3) is 0 Å². The van der Waals surface area contributed by atoms with Gasteiger partial charge in [-0.3, -0.25) is 0 Å². The van der Waals surface area contributed by atoms with Gasteiger partial charge in [0.05, 0.1) is 0 Å². The van der Waals surface area contributed by atoms with E-state index in [0.717, 1.165) is 12.8 Å². The fourth-order valence-corrected chi connectivity index (χ4v) is 41.1. The summed E-state index contributed by atoms with van der Waals surface area (Å²) in [4.78, 5) is 0. The maximum atomic E-state index is 9.60. The molecule has 0 fully saturated rings. The summed E-state index contributed by atoms with van der Waals surface area (Å²) >= 11 is -5.79. The predicted octanol–water partition coefficient (Wildman–Crippen LogP) is 17.9. The van der Waals surface area contributed by atoms with Crippen molar-refractivity contribution in [1.29, 1.82) is 0 Å². The molecule has 9 rings (SSSR count). The third kappa shape index (κ3) is 8.44. The Kier molecular flexibility index (Phi) is 13.5. The molecule has 2 atom stereocenters. The standard InChI is InChI=1S/2C27H35.C12H9Si.2ClH.Zr/c2*1-9-19-12-20-10-11-25(27(6,7)8)26(24(20)13-19)23-15-21(17(2)3)14-22(16-23)18(4)5;1-3-7-11-9(5-1)10-6-2-4-8-12(10)13-11;;;/h2*10-18H,9H2,1-8H3;1-7H,13H2;2*1H;/q;;;;;+2/p-2. The first-order valence-electron chi connectivity index (χ1n) is 26.7. The molecule has 365 valence electrons. The van der Waals surface area contributed by atoms with Crippen molar-refractivity contribution in [2.24, 2.45) is 0 Å². The Bertz CT molecular complexity index is 2910. The Morgan fingerprint density at radius 1 is 0.500 bits per heavy atom. The van der Waals surface area contributed by atoms with Crippen LogP contribution in [0.25, 0.3) is 45.5 Å². The Hall–Kier alpha value is -3.52. The van der Waals surface area contributed by atoms with Crippen LogP contribution < -0.4 is 13.6 Å². The summed E-state index contributed by atoms with van der Waals surface area (Å²) in [5, 5.41) is 2.97. The predicted molar refractivity (Wildman–Crippen MR) is 311 cm³/mol. The number of benzene rings is 6. The quantitative estimate of drug-likeness (QED) is 0.113. The fraction of sp³-hybridized carbons (Fsp3) is 0.394. The van der Waals surface area contributed by atoms with E-state index in [1.807, 2.05) is 0 Å². The summed E-state index contributed by atoms with van der Waals surface area (Å²) in [6, 6.07) is 41.0. The fourth-order valence-electron chi connectivity index (χ4n) is 12.8. The molecule has 0 bridgehead atoms. The molecule has 70 heavy (non-hydrogen) atoms. The zero-order chi connectivity index (χ0) is 50.6. The van der Waals surface area contributed by atoms with Crippen LogP contribution in [0.1, 0.15) is 210 Å². The van der Waals surface area contributed by atoms with E-state index in [2.05, 4.69) is 226 Å². The van der Waals surface area contributed by atoms with E-state index in [0.29, 0.717) is 23.7 Å². The molecule has 2 unspecified atom stereocenters. The second kappa shape index (κ2) is 18.4. The van der Waals surface area contributed by atoms with Crippen LogP contribution in [-0.2, 0) is 27.2 Å². The van der Waals surface area contributed by atoms with Crippen molar-refractivity contribution in [2.45, 2.75) is 165 Å². The minimum atomic E-state index is -5.79. The van der Waals surface area contributed by atoms with E-state index in [9.17, 15) is 17.0 Å². The van der Waals surface area contributed by atoms with Crippen LogP contribution >= 0.6 is 17.0 Å². The van der Waals surface area contributed by atoms with Crippen LogP contribution in [0.15, 0.2) is 114 Å². The minimum absolute atomic E-state index is 0.0991. The Labute approximate surface area is 433 Å². The molecule has 0 spiro atoms. The zero-order valence-electron chi connectivity index (χ0n) is 45.3.